The minimum atomic E-state index is -0.509. The van der Waals surface area contributed by atoms with Crippen LogP contribution in [0.15, 0.2) is 48.5 Å². The number of non-ortho nitro benzene ring substituents is 1. The molecule has 0 aliphatic carbocycles. The summed E-state index contributed by atoms with van der Waals surface area (Å²) in [5, 5.41) is 14.8. The first-order valence-corrected chi connectivity index (χ1v) is 8.42. The molecule has 0 aliphatic rings. The summed E-state index contributed by atoms with van der Waals surface area (Å²) in [4.78, 5) is 27.7. The highest BCUT2D eigenvalue weighted by molar-refractivity contribution is 7.17. The molecule has 0 saturated carbocycles. The van der Waals surface area contributed by atoms with E-state index in [1.165, 1.54) is 29.5 Å². The van der Waals surface area contributed by atoms with Crippen molar-refractivity contribution in [3.8, 4) is 10.6 Å². The fourth-order valence-electron chi connectivity index (χ4n) is 2.24. The Hall–Kier alpha value is -2.77. The zero-order chi connectivity index (χ0) is 18.0. The van der Waals surface area contributed by atoms with Crippen LogP contribution in [0.25, 0.3) is 10.6 Å². The molecule has 1 amide bonds. The van der Waals surface area contributed by atoms with Crippen LogP contribution in [0.2, 0.25) is 5.02 Å². The predicted octanol–water partition coefficient (Wildman–Crippen LogP) is 4.93. The number of amides is 1. The molecule has 0 bridgehead atoms. The third-order valence-corrected chi connectivity index (χ3v) is 4.83. The SMILES string of the molecule is Cc1nc(-c2cccc(Cl)c2)sc1C(=O)Nc1cccc([N+](=O)[O-])c1. The fraction of sp³-hybridized carbons (Fsp3) is 0.0588. The van der Waals surface area contributed by atoms with Gasteiger partial charge in [-0.05, 0) is 25.1 Å². The van der Waals surface area contributed by atoms with Gasteiger partial charge in [-0.25, -0.2) is 4.98 Å². The van der Waals surface area contributed by atoms with Crippen molar-refractivity contribution in [2.45, 2.75) is 6.92 Å². The number of aromatic nitrogens is 1. The number of rotatable bonds is 4. The van der Waals surface area contributed by atoms with Gasteiger partial charge in [-0.3, -0.25) is 14.9 Å². The van der Waals surface area contributed by atoms with Gasteiger partial charge in [0, 0.05) is 28.4 Å². The van der Waals surface area contributed by atoms with Gasteiger partial charge in [0.05, 0.1) is 10.6 Å². The minimum Gasteiger partial charge on any atom is -0.321 e. The molecule has 1 heterocycles. The minimum absolute atomic E-state index is 0.0848. The lowest BCUT2D eigenvalue weighted by Crippen LogP contribution is -2.11. The van der Waals surface area contributed by atoms with E-state index in [0.717, 1.165) is 5.56 Å². The second kappa shape index (κ2) is 7.00. The number of halogens is 1. The van der Waals surface area contributed by atoms with Gasteiger partial charge < -0.3 is 5.32 Å². The number of benzene rings is 2. The summed E-state index contributed by atoms with van der Waals surface area (Å²) in [7, 11) is 0. The maximum atomic E-state index is 12.5. The van der Waals surface area contributed by atoms with E-state index in [2.05, 4.69) is 10.3 Å². The van der Waals surface area contributed by atoms with E-state index < -0.39 is 4.92 Å². The van der Waals surface area contributed by atoms with Crippen LogP contribution in [0.4, 0.5) is 11.4 Å². The maximum Gasteiger partial charge on any atom is 0.271 e. The number of carbonyl (C=O) groups excluding carboxylic acids is 1. The van der Waals surface area contributed by atoms with E-state index in [1.807, 2.05) is 12.1 Å². The standard InChI is InChI=1S/C17H12ClN3O3S/c1-10-15(25-17(19-10)11-4-2-5-12(18)8-11)16(22)20-13-6-3-7-14(9-13)21(23)24/h2-9H,1H3,(H,20,22). The Bertz CT molecular complexity index is 971. The van der Waals surface area contributed by atoms with Gasteiger partial charge >= 0.3 is 0 Å². The van der Waals surface area contributed by atoms with E-state index in [-0.39, 0.29) is 11.6 Å². The molecule has 0 aliphatic heterocycles. The molecule has 3 rings (SSSR count). The number of nitro benzene ring substituents is 1. The predicted molar refractivity (Wildman–Crippen MR) is 98.3 cm³/mol. The highest BCUT2D eigenvalue weighted by Gasteiger charge is 2.17. The molecule has 2 aromatic carbocycles. The fourth-order valence-corrected chi connectivity index (χ4v) is 3.39. The largest absolute Gasteiger partial charge is 0.321 e. The number of nitrogens with one attached hydrogen (secondary N) is 1. The molecule has 6 nitrogen and oxygen atoms in total. The molecule has 1 N–H and O–H groups in total. The normalized spacial score (nSPS) is 10.5. The lowest BCUT2D eigenvalue weighted by atomic mass is 10.2. The van der Waals surface area contributed by atoms with Gasteiger partial charge in [-0.15, -0.1) is 11.3 Å². The highest BCUT2D eigenvalue weighted by Crippen LogP contribution is 2.30. The quantitative estimate of drug-likeness (QED) is 0.518. The highest BCUT2D eigenvalue weighted by atomic mass is 35.5. The summed E-state index contributed by atoms with van der Waals surface area (Å²) in [5.74, 6) is -0.358. The number of anilines is 1. The molecular formula is C17H12ClN3O3S. The van der Waals surface area contributed by atoms with E-state index in [9.17, 15) is 14.9 Å². The van der Waals surface area contributed by atoms with Crippen LogP contribution in [0.3, 0.4) is 0 Å². The number of nitrogens with zero attached hydrogens (tertiary/aromatic N) is 2. The van der Waals surface area contributed by atoms with Gasteiger partial charge in [0.2, 0.25) is 0 Å². The van der Waals surface area contributed by atoms with E-state index in [1.54, 1.807) is 25.1 Å². The summed E-state index contributed by atoms with van der Waals surface area (Å²) < 4.78 is 0. The van der Waals surface area contributed by atoms with Gasteiger partial charge in [0.25, 0.3) is 11.6 Å². The Labute approximate surface area is 152 Å². The van der Waals surface area contributed by atoms with Crippen molar-refractivity contribution in [3.63, 3.8) is 0 Å². The first-order chi connectivity index (χ1) is 11.9. The second-order valence-electron chi connectivity index (χ2n) is 5.21. The molecule has 8 heteroatoms. The molecule has 1 aromatic heterocycles. The van der Waals surface area contributed by atoms with Crippen LogP contribution in [-0.4, -0.2) is 15.8 Å². The molecule has 0 radical (unpaired) electrons. The van der Waals surface area contributed by atoms with Crippen LogP contribution in [0, 0.1) is 17.0 Å². The Kier molecular flexibility index (Phi) is 4.78. The Morgan fingerprint density at radius 1 is 1.24 bits per heavy atom. The number of thiazole rings is 1. The molecule has 0 fully saturated rings. The molecule has 126 valence electrons. The smallest absolute Gasteiger partial charge is 0.271 e. The van der Waals surface area contributed by atoms with Gasteiger partial charge in [0.15, 0.2) is 0 Å². The van der Waals surface area contributed by atoms with Crippen LogP contribution in [-0.2, 0) is 0 Å². The summed E-state index contributed by atoms with van der Waals surface area (Å²) in [6, 6.07) is 13.0. The third kappa shape index (κ3) is 3.84. The summed E-state index contributed by atoms with van der Waals surface area (Å²) >= 11 is 7.24. The zero-order valence-corrected chi connectivity index (χ0v) is 14.6. The number of nitro groups is 1. The van der Waals surface area contributed by atoms with E-state index in [0.29, 0.717) is 26.3 Å². The first kappa shape index (κ1) is 17.1. The molecule has 0 saturated heterocycles. The van der Waals surface area contributed by atoms with Crippen molar-refractivity contribution in [1.29, 1.82) is 0 Å². The summed E-state index contributed by atoms with van der Waals surface area (Å²) in [6.07, 6.45) is 0. The van der Waals surface area contributed by atoms with Gasteiger partial charge in [0.1, 0.15) is 9.88 Å². The van der Waals surface area contributed by atoms with Crippen molar-refractivity contribution >= 4 is 40.2 Å². The molecule has 0 atom stereocenters. The van der Waals surface area contributed by atoms with Crippen molar-refractivity contribution in [1.82, 2.24) is 4.98 Å². The Balaban J connectivity index is 1.86. The van der Waals surface area contributed by atoms with Crippen molar-refractivity contribution in [2.24, 2.45) is 0 Å². The van der Waals surface area contributed by atoms with Crippen molar-refractivity contribution in [3.05, 3.63) is 74.2 Å². The average Bonchev–Trinajstić information content (AvgIpc) is 2.97. The van der Waals surface area contributed by atoms with Crippen LogP contribution >= 0.6 is 22.9 Å². The lowest BCUT2D eigenvalue weighted by molar-refractivity contribution is -0.384. The first-order valence-electron chi connectivity index (χ1n) is 7.23. The molecular weight excluding hydrogens is 362 g/mol. The van der Waals surface area contributed by atoms with E-state index in [4.69, 9.17) is 11.6 Å². The zero-order valence-electron chi connectivity index (χ0n) is 13.0. The van der Waals surface area contributed by atoms with Crippen molar-refractivity contribution < 1.29 is 9.72 Å². The molecule has 25 heavy (non-hydrogen) atoms. The maximum absolute atomic E-state index is 12.5. The summed E-state index contributed by atoms with van der Waals surface area (Å²) in [6.45, 7) is 1.74. The average molecular weight is 374 g/mol. The summed E-state index contributed by atoms with van der Waals surface area (Å²) in [5.41, 5.74) is 1.69. The number of aryl methyl sites for hydroxylation is 1. The number of hydrogen-bond acceptors (Lipinski definition) is 5. The van der Waals surface area contributed by atoms with Crippen LogP contribution in [0.1, 0.15) is 15.4 Å². The van der Waals surface area contributed by atoms with Crippen LogP contribution in [0.5, 0.6) is 0 Å². The van der Waals surface area contributed by atoms with Crippen LogP contribution < -0.4 is 5.32 Å². The number of hydrogen-bond donors (Lipinski definition) is 1. The molecule has 3 aromatic rings. The Morgan fingerprint density at radius 2 is 2.00 bits per heavy atom. The van der Waals surface area contributed by atoms with Crippen molar-refractivity contribution in [2.75, 3.05) is 5.32 Å². The van der Waals surface area contributed by atoms with Gasteiger partial charge in [-0.2, -0.15) is 0 Å². The lowest BCUT2D eigenvalue weighted by Gasteiger charge is -2.03. The molecule has 0 spiro atoms. The second-order valence-corrected chi connectivity index (χ2v) is 6.64. The Morgan fingerprint density at radius 3 is 2.72 bits per heavy atom. The topological polar surface area (TPSA) is 85.1 Å². The molecule has 0 unspecified atom stereocenters. The van der Waals surface area contributed by atoms with E-state index >= 15 is 0 Å². The monoisotopic (exact) mass is 373 g/mol. The third-order valence-electron chi connectivity index (χ3n) is 3.39. The van der Waals surface area contributed by atoms with Gasteiger partial charge in [-0.1, -0.05) is 29.8 Å². The number of carbonyl (C=O) groups is 1.